The summed E-state index contributed by atoms with van der Waals surface area (Å²) in [4.78, 5) is 27.0. The van der Waals surface area contributed by atoms with Gasteiger partial charge in [0.25, 0.3) is 5.91 Å². The summed E-state index contributed by atoms with van der Waals surface area (Å²) in [5, 5.41) is 6.34. The second-order valence-corrected chi connectivity index (χ2v) is 8.89. The van der Waals surface area contributed by atoms with Crippen LogP contribution < -0.4 is 15.4 Å². The van der Waals surface area contributed by atoms with Gasteiger partial charge in [-0.05, 0) is 42.2 Å². The Bertz CT molecular complexity index is 1050. The lowest BCUT2D eigenvalue weighted by Crippen LogP contribution is -2.49. The molecular formula is C26H29N3O4. The Hall–Kier alpha value is -3.16. The van der Waals surface area contributed by atoms with E-state index < -0.39 is 6.04 Å². The smallest absolute Gasteiger partial charge is 0.255 e. The molecule has 5 rings (SSSR count). The number of amides is 2. The van der Waals surface area contributed by atoms with Crippen molar-refractivity contribution in [2.75, 3.05) is 13.2 Å². The molecule has 0 radical (unpaired) electrons. The normalized spacial score (nSPS) is 25.0. The third-order valence-corrected chi connectivity index (χ3v) is 6.60. The highest BCUT2D eigenvalue weighted by Crippen LogP contribution is 2.31. The van der Waals surface area contributed by atoms with E-state index in [0.29, 0.717) is 43.9 Å². The molecule has 0 saturated carbocycles. The predicted molar refractivity (Wildman–Crippen MR) is 124 cm³/mol. The first kappa shape index (κ1) is 21.7. The molecular weight excluding hydrogens is 418 g/mol. The summed E-state index contributed by atoms with van der Waals surface area (Å²) in [7, 11) is 0. The van der Waals surface area contributed by atoms with E-state index in [2.05, 4.69) is 29.3 Å². The number of nitrogens with one attached hydrogen (secondary N) is 2. The van der Waals surface area contributed by atoms with Crippen molar-refractivity contribution in [1.29, 1.82) is 0 Å². The molecule has 1 unspecified atom stereocenters. The Morgan fingerprint density at radius 3 is 2.82 bits per heavy atom. The number of piperidine rings is 1. The summed E-state index contributed by atoms with van der Waals surface area (Å²) in [6.45, 7) is 6.24. The number of benzene rings is 2. The quantitative estimate of drug-likeness (QED) is 0.712. The number of carbonyl (C=O) groups is 2. The fourth-order valence-corrected chi connectivity index (χ4v) is 4.77. The molecule has 2 N–H and O–H groups in total. The second kappa shape index (κ2) is 9.37. The highest BCUT2D eigenvalue weighted by Gasteiger charge is 2.38. The SMILES string of the molecule is C=C1CCC(N2Cc3cc(O[C@@H]4CCOC[C@H]4NCc4ccccc4)ccc3C2=O)C(=O)N1. The largest absolute Gasteiger partial charge is 0.489 e. The van der Waals surface area contributed by atoms with Crippen LogP contribution >= 0.6 is 0 Å². The van der Waals surface area contributed by atoms with E-state index in [-0.39, 0.29) is 24.0 Å². The van der Waals surface area contributed by atoms with Crippen molar-refractivity contribution in [3.8, 4) is 5.75 Å². The second-order valence-electron chi connectivity index (χ2n) is 8.89. The highest BCUT2D eigenvalue weighted by atomic mass is 16.5. The first-order valence-electron chi connectivity index (χ1n) is 11.5. The molecule has 0 bridgehead atoms. The third kappa shape index (κ3) is 4.65. The minimum atomic E-state index is -0.457. The number of rotatable bonds is 6. The van der Waals surface area contributed by atoms with Gasteiger partial charge in [-0.25, -0.2) is 0 Å². The van der Waals surface area contributed by atoms with Crippen LogP contribution in [0.25, 0.3) is 0 Å². The molecule has 2 fully saturated rings. The van der Waals surface area contributed by atoms with Gasteiger partial charge in [-0.3, -0.25) is 9.59 Å². The maximum absolute atomic E-state index is 13.0. The van der Waals surface area contributed by atoms with E-state index in [9.17, 15) is 9.59 Å². The zero-order valence-corrected chi connectivity index (χ0v) is 18.6. The molecule has 3 aliphatic rings. The number of allylic oxidation sites excluding steroid dienone is 1. The van der Waals surface area contributed by atoms with Crippen molar-refractivity contribution >= 4 is 11.8 Å². The average Bonchev–Trinajstić information content (AvgIpc) is 3.14. The lowest BCUT2D eigenvalue weighted by molar-refractivity contribution is -0.126. The summed E-state index contributed by atoms with van der Waals surface area (Å²) < 4.78 is 12.1. The topological polar surface area (TPSA) is 79.9 Å². The number of ether oxygens (including phenoxy) is 2. The van der Waals surface area contributed by atoms with Crippen LogP contribution in [0.2, 0.25) is 0 Å². The number of nitrogens with zero attached hydrogens (tertiary/aromatic N) is 1. The van der Waals surface area contributed by atoms with Crippen LogP contribution in [-0.4, -0.2) is 48.1 Å². The van der Waals surface area contributed by atoms with Gasteiger partial charge in [0.15, 0.2) is 0 Å². The molecule has 2 saturated heterocycles. The fourth-order valence-electron chi connectivity index (χ4n) is 4.77. The van der Waals surface area contributed by atoms with Gasteiger partial charge in [0, 0.05) is 30.8 Å². The van der Waals surface area contributed by atoms with Crippen molar-refractivity contribution in [3.05, 3.63) is 77.5 Å². The van der Waals surface area contributed by atoms with Gasteiger partial charge in [-0.15, -0.1) is 0 Å². The zero-order valence-electron chi connectivity index (χ0n) is 18.6. The summed E-state index contributed by atoms with van der Waals surface area (Å²) in [6, 6.07) is 15.5. The molecule has 2 aromatic rings. The summed E-state index contributed by atoms with van der Waals surface area (Å²) in [5.41, 5.74) is 3.47. The number of fused-ring (bicyclic) bond motifs is 1. The van der Waals surface area contributed by atoms with E-state index in [1.54, 1.807) is 4.90 Å². The van der Waals surface area contributed by atoms with E-state index in [0.717, 1.165) is 24.3 Å². The molecule has 7 heteroatoms. The van der Waals surface area contributed by atoms with E-state index in [4.69, 9.17) is 9.47 Å². The Balaban J connectivity index is 1.25. The van der Waals surface area contributed by atoms with Crippen molar-refractivity contribution in [3.63, 3.8) is 0 Å². The molecule has 172 valence electrons. The van der Waals surface area contributed by atoms with Gasteiger partial charge >= 0.3 is 0 Å². The third-order valence-electron chi connectivity index (χ3n) is 6.60. The minimum Gasteiger partial charge on any atom is -0.489 e. The van der Waals surface area contributed by atoms with Crippen LogP contribution in [0.15, 0.2) is 60.8 Å². The van der Waals surface area contributed by atoms with E-state index >= 15 is 0 Å². The monoisotopic (exact) mass is 447 g/mol. The molecule has 2 amide bonds. The van der Waals surface area contributed by atoms with Gasteiger partial charge in [-0.1, -0.05) is 36.9 Å². The molecule has 3 aliphatic heterocycles. The van der Waals surface area contributed by atoms with Gasteiger partial charge in [0.05, 0.1) is 19.3 Å². The minimum absolute atomic E-state index is 0.0242. The Morgan fingerprint density at radius 1 is 1.15 bits per heavy atom. The molecule has 0 aliphatic carbocycles. The van der Waals surface area contributed by atoms with Gasteiger partial charge in [0.2, 0.25) is 5.91 Å². The maximum Gasteiger partial charge on any atom is 0.255 e. The van der Waals surface area contributed by atoms with Crippen LogP contribution in [0.5, 0.6) is 5.75 Å². The highest BCUT2D eigenvalue weighted by molar-refractivity contribution is 6.01. The van der Waals surface area contributed by atoms with E-state index in [1.807, 2.05) is 36.4 Å². The molecule has 3 atom stereocenters. The van der Waals surface area contributed by atoms with Crippen LogP contribution in [0.4, 0.5) is 0 Å². The fraction of sp³-hybridized carbons (Fsp3) is 0.385. The predicted octanol–water partition coefficient (Wildman–Crippen LogP) is 2.76. The van der Waals surface area contributed by atoms with Gasteiger partial charge in [-0.2, -0.15) is 0 Å². The van der Waals surface area contributed by atoms with E-state index in [1.165, 1.54) is 5.56 Å². The first-order chi connectivity index (χ1) is 16.1. The van der Waals surface area contributed by atoms with Crippen molar-refractivity contribution in [1.82, 2.24) is 15.5 Å². The zero-order chi connectivity index (χ0) is 22.8. The van der Waals surface area contributed by atoms with Crippen LogP contribution in [0.1, 0.15) is 40.7 Å². The standard InChI is InChI=1S/C26H29N3O4/c1-17-7-10-23(25(30)28-17)29-15-19-13-20(8-9-21(19)26(29)31)33-24-11-12-32-16-22(24)27-14-18-5-3-2-4-6-18/h2-6,8-9,13,22-24,27H,1,7,10-12,14-16H2,(H,28,30)/t22-,23?,24-/m1/s1. The van der Waals surface area contributed by atoms with Crippen molar-refractivity contribution < 1.29 is 19.1 Å². The lowest BCUT2D eigenvalue weighted by atomic mass is 10.0. The molecule has 33 heavy (non-hydrogen) atoms. The summed E-state index contributed by atoms with van der Waals surface area (Å²) in [6.07, 6.45) is 2.06. The maximum atomic E-state index is 13.0. The Morgan fingerprint density at radius 2 is 2.00 bits per heavy atom. The molecule has 0 aromatic heterocycles. The first-order valence-corrected chi connectivity index (χ1v) is 11.5. The lowest BCUT2D eigenvalue weighted by Gasteiger charge is -2.32. The van der Waals surface area contributed by atoms with Gasteiger partial charge in [0.1, 0.15) is 17.9 Å². The van der Waals surface area contributed by atoms with Crippen LogP contribution in [0.3, 0.4) is 0 Å². The number of carbonyl (C=O) groups excluding carboxylic acids is 2. The number of hydrogen-bond acceptors (Lipinski definition) is 5. The van der Waals surface area contributed by atoms with Crippen LogP contribution in [-0.2, 0) is 22.6 Å². The molecule has 7 nitrogen and oxygen atoms in total. The Labute approximate surface area is 193 Å². The molecule has 3 heterocycles. The van der Waals surface area contributed by atoms with Crippen molar-refractivity contribution in [2.45, 2.75) is 50.5 Å². The van der Waals surface area contributed by atoms with Crippen molar-refractivity contribution in [2.24, 2.45) is 0 Å². The van der Waals surface area contributed by atoms with Gasteiger partial charge < -0.3 is 25.0 Å². The van der Waals surface area contributed by atoms with Crippen LogP contribution in [0, 0.1) is 0 Å². The number of hydrogen-bond donors (Lipinski definition) is 2. The average molecular weight is 448 g/mol. The molecule has 0 spiro atoms. The summed E-state index contributed by atoms with van der Waals surface area (Å²) >= 11 is 0. The Kier molecular flexibility index (Phi) is 6.15. The molecule has 2 aromatic carbocycles. The summed E-state index contributed by atoms with van der Waals surface area (Å²) in [5.74, 6) is 0.486.